The molecule has 11 heteroatoms. The zero-order valence-electron chi connectivity index (χ0n) is 21.1. The second kappa shape index (κ2) is 10.7. The van der Waals surface area contributed by atoms with E-state index in [1.54, 1.807) is 13.0 Å². The fourth-order valence-corrected chi connectivity index (χ4v) is 4.66. The van der Waals surface area contributed by atoms with Gasteiger partial charge in [-0.25, -0.2) is 12.8 Å². The molecule has 0 saturated carbocycles. The van der Waals surface area contributed by atoms with Crippen LogP contribution in [-0.2, 0) is 26.2 Å². The van der Waals surface area contributed by atoms with E-state index >= 15 is 0 Å². The molecule has 196 valence electrons. The third-order valence-corrected chi connectivity index (χ3v) is 7.30. The standard InChI is InChI=1S/C25H32FN3O6S/c1-6-36(32,33)29(20-11-12-21-22(13-20)35-16-34-21)15-23(30)28(14-18-7-9-19(26)10-8-18)17(2)24(31)27-25(3,4)5/h7-13,17H,6,14-16H2,1-5H3,(H,27,31)/t17-/m1/s1. The van der Waals surface area contributed by atoms with E-state index in [1.807, 2.05) is 20.8 Å². The monoisotopic (exact) mass is 521 g/mol. The number of ether oxygens (including phenoxy) is 2. The van der Waals surface area contributed by atoms with Crippen molar-refractivity contribution < 1.29 is 31.9 Å². The fraction of sp³-hybridized carbons (Fsp3) is 0.440. The topological polar surface area (TPSA) is 105 Å². The number of rotatable bonds is 9. The van der Waals surface area contributed by atoms with E-state index in [2.05, 4.69) is 5.32 Å². The van der Waals surface area contributed by atoms with Crippen molar-refractivity contribution in [1.82, 2.24) is 10.2 Å². The van der Waals surface area contributed by atoms with Crippen molar-refractivity contribution in [3.63, 3.8) is 0 Å². The number of anilines is 1. The van der Waals surface area contributed by atoms with Crippen LogP contribution >= 0.6 is 0 Å². The van der Waals surface area contributed by atoms with Crippen molar-refractivity contribution in [1.29, 1.82) is 0 Å². The van der Waals surface area contributed by atoms with Crippen LogP contribution in [0, 0.1) is 5.82 Å². The molecule has 0 unspecified atom stereocenters. The predicted molar refractivity (Wildman–Crippen MR) is 134 cm³/mol. The van der Waals surface area contributed by atoms with Gasteiger partial charge in [-0.15, -0.1) is 0 Å². The molecule has 0 fully saturated rings. The lowest BCUT2D eigenvalue weighted by atomic mass is 10.1. The summed E-state index contributed by atoms with van der Waals surface area (Å²) in [4.78, 5) is 27.9. The first-order valence-corrected chi connectivity index (χ1v) is 13.2. The van der Waals surface area contributed by atoms with Crippen LogP contribution in [0.3, 0.4) is 0 Å². The summed E-state index contributed by atoms with van der Waals surface area (Å²) in [5.74, 6) is -0.816. The molecule has 0 radical (unpaired) electrons. The van der Waals surface area contributed by atoms with Crippen molar-refractivity contribution in [3.05, 3.63) is 53.8 Å². The lowest BCUT2D eigenvalue weighted by Gasteiger charge is -2.33. The molecule has 0 aromatic heterocycles. The summed E-state index contributed by atoms with van der Waals surface area (Å²) in [6.07, 6.45) is 0. The highest BCUT2D eigenvalue weighted by Gasteiger charge is 2.32. The smallest absolute Gasteiger partial charge is 0.244 e. The average molecular weight is 522 g/mol. The van der Waals surface area contributed by atoms with Gasteiger partial charge >= 0.3 is 0 Å². The molecule has 0 spiro atoms. The van der Waals surface area contributed by atoms with Crippen LogP contribution in [0.2, 0.25) is 0 Å². The van der Waals surface area contributed by atoms with E-state index < -0.39 is 45.8 Å². The normalized spacial score (nSPS) is 13.7. The maximum atomic E-state index is 13.6. The lowest BCUT2D eigenvalue weighted by Crippen LogP contribution is -2.54. The maximum absolute atomic E-state index is 13.6. The molecule has 1 aliphatic heterocycles. The van der Waals surface area contributed by atoms with Gasteiger partial charge in [0.15, 0.2) is 11.5 Å². The SMILES string of the molecule is CCS(=O)(=O)N(CC(=O)N(Cc1ccc(F)cc1)[C@H](C)C(=O)NC(C)(C)C)c1ccc2c(c1)OCO2. The number of benzene rings is 2. The Hall–Kier alpha value is -3.34. The van der Waals surface area contributed by atoms with Crippen LogP contribution in [0.4, 0.5) is 10.1 Å². The van der Waals surface area contributed by atoms with E-state index in [0.29, 0.717) is 17.1 Å². The van der Waals surface area contributed by atoms with E-state index in [1.165, 1.54) is 48.2 Å². The fourth-order valence-electron chi connectivity index (χ4n) is 3.60. The molecule has 1 N–H and O–H groups in total. The molecule has 0 aliphatic carbocycles. The lowest BCUT2D eigenvalue weighted by molar-refractivity contribution is -0.140. The van der Waals surface area contributed by atoms with Gasteiger partial charge in [-0.2, -0.15) is 0 Å². The number of halogens is 1. The van der Waals surface area contributed by atoms with Gasteiger partial charge in [-0.1, -0.05) is 12.1 Å². The van der Waals surface area contributed by atoms with Crippen LogP contribution < -0.4 is 19.1 Å². The first-order valence-electron chi connectivity index (χ1n) is 11.6. The number of nitrogens with zero attached hydrogens (tertiary/aromatic N) is 2. The Kier molecular flexibility index (Phi) is 8.12. The number of sulfonamides is 1. The van der Waals surface area contributed by atoms with E-state index in [-0.39, 0.29) is 24.8 Å². The summed E-state index contributed by atoms with van der Waals surface area (Å²) in [6, 6.07) is 9.25. The van der Waals surface area contributed by atoms with Crippen molar-refractivity contribution in [3.8, 4) is 11.5 Å². The number of hydrogen-bond acceptors (Lipinski definition) is 6. The minimum atomic E-state index is -3.87. The Balaban J connectivity index is 1.94. The molecule has 2 amide bonds. The third kappa shape index (κ3) is 6.66. The number of nitrogens with one attached hydrogen (secondary N) is 1. The second-order valence-electron chi connectivity index (χ2n) is 9.51. The second-order valence-corrected chi connectivity index (χ2v) is 11.7. The zero-order chi connectivity index (χ0) is 26.7. The molecule has 1 aliphatic rings. The summed E-state index contributed by atoms with van der Waals surface area (Å²) in [5.41, 5.74) is 0.288. The van der Waals surface area contributed by atoms with Gasteiger partial charge in [-0.3, -0.25) is 13.9 Å². The quantitative estimate of drug-likeness (QED) is 0.544. The molecule has 36 heavy (non-hydrogen) atoms. The van der Waals surface area contributed by atoms with Crippen LogP contribution in [0.25, 0.3) is 0 Å². The van der Waals surface area contributed by atoms with Crippen molar-refractivity contribution >= 4 is 27.5 Å². The van der Waals surface area contributed by atoms with Gasteiger partial charge in [0, 0.05) is 18.2 Å². The predicted octanol–water partition coefficient (Wildman–Crippen LogP) is 3.04. The number of carbonyl (C=O) groups is 2. The van der Waals surface area contributed by atoms with Crippen LogP contribution in [-0.4, -0.2) is 55.8 Å². The maximum Gasteiger partial charge on any atom is 0.244 e. The summed E-state index contributed by atoms with van der Waals surface area (Å²) >= 11 is 0. The summed E-state index contributed by atoms with van der Waals surface area (Å²) < 4.78 is 51.1. The molecular weight excluding hydrogens is 489 g/mol. The number of fused-ring (bicyclic) bond motifs is 1. The Labute approximate surface area is 211 Å². The minimum Gasteiger partial charge on any atom is -0.454 e. The highest BCUT2D eigenvalue weighted by Crippen LogP contribution is 2.36. The first-order chi connectivity index (χ1) is 16.8. The highest BCUT2D eigenvalue weighted by atomic mass is 32.2. The van der Waals surface area contributed by atoms with Gasteiger partial charge in [0.1, 0.15) is 18.4 Å². The first kappa shape index (κ1) is 27.3. The highest BCUT2D eigenvalue weighted by molar-refractivity contribution is 7.92. The zero-order valence-corrected chi connectivity index (χ0v) is 21.9. The van der Waals surface area contributed by atoms with Crippen molar-refractivity contribution in [2.24, 2.45) is 0 Å². The van der Waals surface area contributed by atoms with Gasteiger partial charge < -0.3 is 19.7 Å². The minimum absolute atomic E-state index is 0.0149. The van der Waals surface area contributed by atoms with E-state index in [4.69, 9.17) is 9.47 Å². The van der Waals surface area contributed by atoms with Gasteiger partial charge in [0.25, 0.3) is 0 Å². The average Bonchev–Trinajstić information content (AvgIpc) is 3.28. The molecular formula is C25H32FN3O6S. The molecule has 0 bridgehead atoms. The molecule has 0 saturated heterocycles. The summed E-state index contributed by atoms with van der Waals surface area (Å²) in [6.45, 7) is 7.97. The Morgan fingerprint density at radius 2 is 1.72 bits per heavy atom. The molecule has 9 nitrogen and oxygen atoms in total. The Bertz CT molecular complexity index is 1210. The van der Waals surface area contributed by atoms with E-state index in [0.717, 1.165) is 4.31 Å². The van der Waals surface area contributed by atoms with Crippen molar-refractivity contribution in [2.45, 2.75) is 52.7 Å². The molecule has 3 rings (SSSR count). The Morgan fingerprint density at radius 3 is 2.33 bits per heavy atom. The van der Waals surface area contributed by atoms with Crippen LogP contribution in [0.5, 0.6) is 11.5 Å². The Morgan fingerprint density at radius 1 is 1.08 bits per heavy atom. The van der Waals surface area contributed by atoms with Gasteiger partial charge in [0.2, 0.25) is 28.6 Å². The molecule has 2 aromatic carbocycles. The largest absolute Gasteiger partial charge is 0.454 e. The van der Waals surface area contributed by atoms with Crippen LogP contribution in [0.1, 0.15) is 40.2 Å². The summed E-state index contributed by atoms with van der Waals surface area (Å²) in [5, 5.41) is 2.85. The summed E-state index contributed by atoms with van der Waals surface area (Å²) in [7, 11) is -3.87. The number of hydrogen-bond donors (Lipinski definition) is 1. The van der Waals surface area contributed by atoms with Gasteiger partial charge in [0.05, 0.1) is 11.4 Å². The van der Waals surface area contributed by atoms with Gasteiger partial charge in [-0.05, 0) is 64.4 Å². The van der Waals surface area contributed by atoms with Crippen LogP contribution in [0.15, 0.2) is 42.5 Å². The number of amides is 2. The third-order valence-electron chi connectivity index (χ3n) is 5.56. The number of carbonyl (C=O) groups excluding carboxylic acids is 2. The molecule has 1 heterocycles. The molecule has 2 aromatic rings. The molecule has 1 atom stereocenters. The van der Waals surface area contributed by atoms with Crippen molar-refractivity contribution in [2.75, 3.05) is 23.4 Å². The van der Waals surface area contributed by atoms with E-state index in [9.17, 15) is 22.4 Å².